The minimum atomic E-state index is -4.90. The summed E-state index contributed by atoms with van der Waals surface area (Å²) in [4.78, 5) is 11.1. The lowest BCUT2D eigenvalue weighted by Crippen LogP contribution is -2.30. The number of hydrazine groups is 1. The average Bonchev–Trinajstić information content (AvgIpc) is 2.36. The number of hydrogen-bond acceptors (Lipinski definition) is 4. The molecule has 0 aliphatic carbocycles. The van der Waals surface area contributed by atoms with E-state index in [1.54, 1.807) is 38.4 Å². The number of ketones is 1. The number of methoxy groups -OCH3 is 1. The van der Waals surface area contributed by atoms with Crippen molar-refractivity contribution in [2.45, 2.75) is 6.18 Å². The molecule has 0 unspecified atom stereocenters. The molecule has 0 aliphatic rings. The topological polar surface area (TPSA) is 41.6 Å². The normalized spacial score (nSPS) is 12.4. The van der Waals surface area contributed by atoms with Crippen LogP contribution in [0.15, 0.2) is 30.3 Å². The first-order valence-electron chi connectivity index (χ1n) is 5.65. The number of allylic oxidation sites excluding steroid dienone is 1. The van der Waals surface area contributed by atoms with Crippen molar-refractivity contribution >= 4 is 11.5 Å². The third kappa shape index (κ3) is 4.58. The number of ether oxygens (including phenoxy) is 1. The van der Waals surface area contributed by atoms with Crippen molar-refractivity contribution in [1.82, 2.24) is 10.4 Å². The fourth-order valence-corrected chi connectivity index (χ4v) is 1.40. The van der Waals surface area contributed by atoms with Gasteiger partial charge in [-0.1, -0.05) is 0 Å². The van der Waals surface area contributed by atoms with Gasteiger partial charge in [0, 0.05) is 20.2 Å². The Kier molecular flexibility index (Phi) is 5.15. The lowest BCUT2D eigenvalue weighted by atomic mass is 10.1. The minimum Gasteiger partial charge on any atom is -0.497 e. The predicted molar refractivity (Wildman–Crippen MR) is 68.9 cm³/mol. The Labute approximate surface area is 114 Å². The second kappa shape index (κ2) is 6.42. The summed E-state index contributed by atoms with van der Waals surface area (Å²) < 4.78 is 41.9. The molecular formula is C13H15F3N2O2. The van der Waals surface area contributed by atoms with Crippen LogP contribution in [-0.2, 0) is 4.79 Å². The number of carbonyl (C=O) groups excluding carboxylic acids is 1. The summed E-state index contributed by atoms with van der Waals surface area (Å²) in [6, 6.07) is 6.31. The molecule has 7 heteroatoms. The molecule has 0 atom stereocenters. The molecule has 0 heterocycles. The highest BCUT2D eigenvalue weighted by atomic mass is 19.4. The van der Waals surface area contributed by atoms with Crippen LogP contribution in [0.5, 0.6) is 5.75 Å². The third-order valence-electron chi connectivity index (χ3n) is 2.30. The highest BCUT2D eigenvalue weighted by Crippen LogP contribution is 2.21. The van der Waals surface area contributed by atoms with Crippen molar-refractivity contribution in [3.63, 3.8) is 0 Å². The van der Waals surface area contributed by atoms with E-state index >= 15 is 0 Å². The quantitative estimate of drug-likeness (QED) is 0.666. The Morgan fingerprint density at radius 3 is 2.20 bits per heavy atom. The number of nitrogens with zero attached hydrogens (tertiary/aromatic N) is 1. The van der Waals surface area contributed by atoms with Crippen LogP contribution in [0.1, 0.15) is 5.56 Å². The molecule has 0 bridgehead atoms. The van der Waals surface area contributed by atoms with Crippen molar-refractivity contribution < 1.29 is 22.7 Å². The maximum atomic E-state index is 12.3. The molecule has 20 heavy (non-hydrogen) atoms. The molecule has 0 spiro atoms. The third-order valence-corrected chi connectivity index (χ3v) is 2.30. The van der Waals surface area contributed by atoms with Crippen molar-refractivity contribution in [2.24, 2.45) is 0 Å². The van der Waals surface area contributed by atoms with Crippen LogP contribution in [0.4, 0.5) is 13.2 Å². The van der Waals surface area contributed by atoms with Gasteiger partial charge >= 0.3 is 6.18 Å². The summed E-state index contributed by atoms with van der Waals surface area (Å²) in [6.07, 6.45) is -4.37. The smallest absolute Gasteiger partial charge is 0.454 e. The molecule has 1 aromatic carbocycles. The Balaban J connectivity index is 3.11. The van der Waals surface area contributed by atoms with Gasteiger partial charge in [0.25, 0.3) is 5.78 Å². The zero-order valence-corrected chi connectivity index (χ0v) is 11.3. The van der Waals surface area contributed by atoms with Gasteiger partial charge in [0.2, 0.25) is 0 Å². The molecule has 1 aromatic rings. The summed E-state index contributed by atoms with van der Waals surface area (Å²) in [5.74, 6) is -1.35. The van der Waals surface area contributed by atoms with Crippen LogP contribution >= 0.6 is 0 Å². The Hall–Kier alpha value is -2.02. The molecular weight excluding hydrogens is 273 g/mol. The molecule has 1 N–H and O–H groups in total. The lowest BCUT2D eigenvalue weighted by Gasteiger charge is -2.17. The first kappa shape index (κ1) is 16.0. The van der Waals surface area contributed by atoms with Gasteiger partial charge in [-0.2, -0.15) is 13.2 Å². The second-order valence-electron chi connectivity index (χ2n) is 4.15. The first-order chi connectivity index (χ1) is 9.24. The molecule has 0 aliphatic heterocycles. The minimum absolute atomic E-state index is 0.0555. The van der Waals surface area contributed by atoms with Crippen molar-refractivity contribution in [2.75, 3.05) is 21.2 Å². The molecule has 0 radical (unpaired) electrons. The number of nitrogens with one attached hydrogen (secondary N) is 1. The fourth-order valence-electron chi connectivity index (χ4n) is 1.40. The van der Waals surface area contributed by atoms with Gasteiger partial charge in [-0.3, -0.25) is 4.79 Å². The van der Waals surface area contributed by atoms with Gasteiger partial charge in [0.15, 0.2) is 0 Å². The van der Waals surface area contributed by atoms with Crippen LogP contribution in [0.2, 0.25) is 0 Å². The molecule has 0 saturated heterocycles. The average molecular weight is 288 g/mol. The molecule has 4 nitrogen and oxygen atoms in total. The fraction of sp³-hybridized carbons (Fsp3) is 0.308. The maximum Gasteiger partial charge on any atom is 0.454 e. The zero-order chi connectivity index (χ0) is 15.3. The van der Waals surface area contributed by atoms with Gasteiger partial charge in [-0.15, -0.1) is 0 Å². The van der Waals surface area contributed by atoms with E-state index in [4.69, 9.17) is 4.74 Å². The molecule has 0 saturated carbocycles. The van der Waals surface area contributed by atoms with E-state index in [9.17, 15) is 18.0 Å². The number of rotatable bonds is 5. The number of hydrogen-bond donors (Lipinski definition) is 1. The van der Waals surface area contributed by atoms with Gasteiger partial charge in [0.1, 0.15) is 5.75 Å². The van der Waals surface area contributed by atoms with Gasteiger partial charge in [-0.05, 0) is 29.8 Å². The highest BCUT2D eigenvalue weighted by Gasteiger charge is 2.36. The summed E-state index contributed by atoms with van der Waals surface area (Å²) in [5, 5.41) is 1.44. The number of benzene rings is 1. The Bertz CT molecular complexity index is 493. The molecule has 1 rings (SSSR count). The van der Waals surface area contributed by atoms with Crippen LogP contribution < -0.4 is 10.2 Å². The van der Waals surface area contributed by atoms with E-state index in [-0.39, 0.29) is 5.70 Å². The Morgan fingerprint density at radius 1 is 1.25 bits per heavy atom. The van der Waals surface area contributed by atoms with E-state index in [1.807, 2.05) is 0 Å². The van der Waals surface area contributed by atoms with E-state index in [1.165, 1.54) is 12.1 Å². The number of alkyl halides is 3. The van der Waals surface area contributed by atoms with Crippen LogP contribution in [0, 0.1) is 0 Å². The molecule has 0 amide bonds. The van der Waals surface area contributed by atoms with Crippen molar-refractivity contribution in [1.29, 1.82) is 0 Å². The van der Waals surface area contributed by atoms with E-state index < -0.39 is 12.0 Å². The van der Waals surface area contributed by atoms with Crippen molar-refractivity contribution in [3.8, 4) is 5.75 Å². The summed E-state index contributed by atoms with van der Waals surface area (Å²) in [6.45, 7) is 0. The largest absolute Gasteiger partial charge is 0.497 e. The Morgan fingerprint density at radius 2 is 1.80 bits per heavy atom. The predicted octanol–water partition coefficient (Wildman–Crippen LogP) is 2.23. The molecule has 0 fully saturated rings. The van der Waals surface area contributed by atoms with Gasteiger partial charge in [0.05, 0.1) is 12.8 Å². The molecule has 110 valence electrons. The van der Waals surface area contributed by atoms with E-state index in [0.29, 0.717) is 17.4 Å². The summed E-state index contributed by atoms with van der Waals surface area (Å²) in [7, 11) is 4.70. The van der Waals surface area contributed by atoms with E-state index in [2.05, 4.69) is 5.43 Å². The van der Waals surface area contributed by atoms with Gasteiger partial charge < -0.3 is 10.2 Å². The zero-order valence-electron chi connectivity index (χ0n) is 11.3. The standard InChI is InChI=1S/C13H15F3N2O2/c1-18(2)17-11(8-12(19)13(14,15)16)9-4-6-10(20-3)7-5-9/h4-8,17H,1-3H3/b11-8-. The summed E-state index contributed by atoms with van der Waals surface area (Å²) in [5.41, 5.74) is 3.17. The summed E-state index contributed by atoms with van der Waals surface area (Å²) >= 11 is 0. The van der Waals surface area contributed by atoms with Crippen LogP contribution in [0.25, 0.3) is 5.70 Å². The van der Waals surface area contributed by atoms with Crippen LogP contribution in [0.3, 0.4) is 0 Å². The lowest BCUT2D eigenvalue weighted by molar-refractivity contribution is -0.165. The number of carbonyl (C=O) groups is 1. The second-order valence-corrected chi connectivity index (χ2v) is 4.15. The van der Waals surface area contributed by atoms with Crippen molar-refractivity contribution in [3.05, 3.63) is 35.9 Å². The monoisotopic (exact) mass is 288 g/mol. The van der Waals surface area contributed by atoms with E-state index in [0.717, 1.165) is 0 Å². The number of halogens is 3. The highest BCUT2D eigenvalue weighted by molar-refractivity contribution is 6.00. The maximum absolute atomic E-state index is 12.3. The molecule has 0 aromatic heterocycles. The van der Waals surface area contributed by atoms with Crippen LogP contribution in [-0.4, -0.2) is 38.2 Å². The van der Waals surface area contributed by atoms with Gasteiger partial charge in [-0.25, -0.2) is 5.01 Å². The first-order valence-corrected chi connectivity index (χ1v) is 5.65. The SMILES string of the molecule is COc1ccc(/C(=C/C(=O)C(F)(F)F)NN(C)C)cc1.